The van der Waals surface area contributed by atoms with Crippen LogP contribution in [0.15, 0.2) is 35.7 Å². The normalized spacial score (nSPS) is 16.7. The molecule has 2 heterocycles. The summed E-state index contributed by atoms with van der Waals surface area (Å²) in [5.41, 5.74) is 2.31. The molecule has 0 fully saturated rings. The topological polar surface area (TPSA) is 58.2 Å². The third-order valence-electron chi connectivity index (χ3n) is 3.53. The predicted molar refractivity (Wildman–Crippen MR) is 91.7 cm³/mol. The monoisotopic (exact) mass is 332 g/mol. The number of benzene rings is 1. The van der Waals surface area contributed by atoms with E-state index < -0.39 is 0 Å². The van der Waals surface area contributed by atoms with Gasteiger partial charge in [0.05, 0.1) is 0 Å². The Morgan fingerprint density at radius 3 is 2.95 bits per heavy atom. The van der Waals surface area contributed by atoms with Gasteiger partial charge in [0, 0.05) is 23.2 Å². The Morgan fingerprint density at radius 2 is 2.14 bits per heavy atom. The van der Waals surface area contributed by atoms with Gasteiger partial charge in [-0.05, 0) is 47.4 Å². The average molecular weight is 332 g/mol. The molecule has 1 aromatic carbocycles. The van der Waals surface area contributed by atoms with Crippen molar-refractivity contribution in [3.05, 3.63) is 51.7 Å². The molecule has 0 saturated carbocycles. The van der Waals surface area contributed by atoms with E-state index in [-0.39, 0.29) is 17.1 Å². The van der Waals surface area contributed by atoms with Crippen molar-refractivity contribution in [2.24, 2.45) is 0 Å². The molecule has 4 nitrogen and oxygen atoms in total. The van der Waals surface area contributed by atoms with Crippen LogP contribution in [0, 0.1) is 0 Å². The first-order valence-electron chi connectivity index (χ1n) is 7.00. The minimum atomic E-state index is -0.168. The molecule has 2 amide bonds. The molecule has 0 saturated heterocycles. The molecule has 22 heavy (non-hydrogen) atoms. The van der Waals surface area contributed by atoms with E-state index in [0.717, 1.165) is 17.7 Å². The van der Waals surface area contributed by atoms with E-state index in [1.807, 2.05) is 11.4 Å². The van der Waals surface area contributed by atoms with Gasteiger partial charge >= 0.3 is 0 Å². The number of aryl methyl sites for hydroxylation is 1. The van der Waals surface area contributed by atoms with E-state index in [0.29, 0.717) is 11.3 Å². The number of rotatable bonds is 3. The lowest BCUT2D eigenvalue weighted by atomic mass is 10.1. The summed E-state index contributed by atoms with van der Waals surface area (Å²) < 4.78 is 0. The fourth-order valence-corrected chi connectivity index (χ4v) is 4.75. The molecule has 1 aromatic heterocycles. The number of amides is 2. The summed E-state index contributed by atoms with van der Waals surface area (Å²) in [7, 11) is 1.59. The average Bonchev–Trinajstić information content (AvgIpc) is 3.02. The highest BCUT2D eigenvalue weighted by Gasteiger charge is 2.28. The lowest BCUT2D eigenvalue weighted by molar-refractivity contribution is -0.115. The van der Waals surface area contributed by atoms with Crippen molar-refractivity contribution in [3.8, 4) is 0 Å². The van der Waals surface area contributed by atoms with E-state index in [9.17, 15) is 9.59 Å². The van der Waals surface area contributed by atoms with Crippen molar-refractivity contribution < 1.29 is 9.59 Å². The van der Waals surface area contributed by atoms with E-state index >= 15 is 0 Å². The summed E-state index contributed by atoms with van der Waals surface area (Å²) in [6, 6.07) is 9.02. The first kappa shape index (κ1) is 15.1. The van der Waals surface area contributed by atoms with Crippen LogP contribution in [0.4, 0.5) is 5.69 Å². The summed E-state index contributed by atoms with van der Waals surface area (Å²) in [6.07, 6.45) is 1.04. The van der Waals surface area contributed by atoms with Gasteiger partial charge in [0.2, 0.25) is 5.91 Å². The number of thiophene rings is 1. The van der Waals surface area contributed by atoms with Gasteiger partial charge in [0.1, 0.15) is 5.25 Å². The number of hydrogen-bond acceptors (Lipinski definition) is 4. The number of anilines is 1. The molecular formula is C16H16N2O2S2. The van der Waals surface area contributed by atoms with Crippen LogP contribution in [0.5, 0.6) is 0 Å². The maximum absolute atomic E-state index is 12.6. The minimum absolute atomic E-state index is 0.0293. The molecule has 1 aliphatic rings. The number of thioether (sulfide) groups is 1. The highest BCUT2D eigenvalue weighted by molar-refractivity contribution is 8.00. The largest absolute Gasteiger partial charge is 0.355 e. The van der Waals surface area contributed by atoms with Crippen molar-refractivity contribution in [1.82, 2.24) is 5.32 Å². The summed E-state index contributed by atoms with van der Waals surface area (Å²) in [5, 5.41) is 7.38. The van der Waals surface area contributed by atoms with Crippen LogP contribution in [-0.4, -0.2) is 24.6 Å². The molecule has 0 bridgehead atoms. The molecule has 2 N–H and O–H groups in total. The smallest absolute Gasteiger partial charge is 0.251 e. The molecule has 2 aromatic rings. The third kappa shape index (κ3) is 3.03. The van der Waals surface area contributed by atoms with Gasteiger partial charge in [-0.2, -0.15) is 0 Å². The summed E-state index contributed by atoms with van der Waals surface area (Å²) in [6.45, 7) is 0. The third-order valence-corrected chi connectivity index (χ3v) is 5.77. The number of carbonyl (C=O) groups is 2. The predicted octanol–water partition coefficient (Wildman–Crippen LogP) is 3.08. The first-order valence-corrected chi connectivity index (χ1v) is 8.93. The van der Waals surface area contributed by atoms with E-state index in [2.05, 4.69) is 10.6 Å². The van der Waals surface area contributed by atoms with Gasteiger partial charge in [-0.1, -0.05) is 6.07 Å². The Hall–Kier alpha value is -1.79. The lowest BCUT2D eigenvalue weighted by Gasteiger charge is -2.21. The molecule has 0 aliphatic carbocycles. The van der Waals surface area contributed by atoms with Gasteiger partial charge in [-0.15, -0.1) is 23.1 Å². The molecule has 1 unspecified atom stereocenters. The van der Waals surface area contributed by atoms with E-state index in [1.54, 1.807) is 54.4 Å². The minimum Gasteiger partial charge on any atom is -0.355 e. The highest BCUT2D eigenvalue weighted by atomic mass is 32.2. The van der Waals surface area contributed by atoms with Gasteiger partial charge in [-0.3, -0.25) is 9.59 Å². The molecule has 1 aliphatic heterocycles. The Balaban J connectivity index is 1.77. The van der Waals surface area contributed by atoms with Crippen LogP contribution in [0.2, 0.25) is 0 Å². The Kier molecular flexibility index (Phi) is 4.49. The van der Waals surface area contributed by atoms with Crippen molar-refractivity contribution in [1.29, 1.82) is 0 Å². The highest BCUT2D eigenvalue weighted by Crippen LogP contribution is 2.39. The first-order chi connectivity index (χ1) is 10.7. The van der Waals surface area contributed by atoms with Gasteiger partial charge in [0.25, 0.3) is 5.91 Å². The zero-order valence-corrected chi connectivity index (χ0v) is 13.7. The summed E-state index contributed by atoms with van der Waals surface area (Å²) >= 11 is 3.38. The van der Waals surface area contributed by atoms with Gasteiger partial charge in [0.15, 0.2) is 0 Å². The van der Waals surface area contributed by atoms with Crippen LogP contribution in [0.25, 0.3) is 0 Å². The number of carbonyl (C=O) groups excluding carboxylic acids is 2. The van der Waals surface area contributed by atoms with Crippen molar-refractivity contribution >= 4 is 40.6 Å². The van der Waals surface area contributed by atoms with E-state index in [1.165, 1.54) is 4.88 Å². The quantitative estimate of drug-likeness (QED) is 0.908. The van der Waals surface area contributed by atoms with Crippen LogP contribution >= 0.6 is 23.1 Å². The molecule has 0 spiro atoms. The van der Waals surface area contributed by atoms with Gasteiger partial charge in [-0.25, -0.2) is 0 Å². The van der Waals surface area contributed by atoms with Crippen LogP contribution in [0.1, 0.15) is 26.0 Å². The molecular weight excluding hydrogens is 316 g/mol. The van der Waals surface area contributed by atoms with Gasteiger partial charge < -0.3 is 10.6 Å². The van der Waals surface area contributed by atoms with Crippen molar-refractivity contribution in [3.63, 3.8) is 0 Å². The number of fused-ring (bicyclic) bond motifs is 1. The molecule has 0 radical (unpaired) electrons. The molecule has 1 atom stereocenters. The maximum atomic E-state index is 12.6. The molecule has 114 valence electrons. The summed E-state index contributed by atoms with van der Waals surface area (Å²) in [4.78, 5) is 25.5. The SMILES string of the molecule is CNC(=O)c1cccc(NC(=O)C2SCCc3sccc32)c1. The maximum Gasteiger partial charge on any atom is 0.251 e. The Labute approximate surface area is 137 Å². The Morgan fingerprint density at radius 1 is 1.27 bits per heavy atom. The number of nitrogens with one attached hydrogen (secondary N) is 2. The molecule has 6 heteroatoms. The van der Waals surface area contributed by atoms with Crippen molar-refractivity contribution in [2.45, 2.75) is 11.7 Å². The van der Waals surface area contributed by atoms with Crippen LogP contribution in [-0.2, 0) is 11.2 Å². The van der Waals surface area contributed by atoms with Crippen molar-refractivity contribution in [2.75, 3.05) is 18.1 Å². The molecule has 3 rings (SSSR count). The van der Waals surface area contributed by atoms with E-state index in [4.69, 9.17) is 0 Å². The van der Waals surface area contributed by atoms with Crippen LogP contribution < -0.4 is 10.6 Å². The second kappa shape index (κ2) is 6.54. The number of hydrogen-bond donors (Lipinski definition) is 2. The lowest BCUT2D eigenvalue weighted by Crippen LogP contribution is -2.22. The standard InChI is InChI=1S/C16H16N2O2S2/c1-17-15(19)10-3-2-4-11(9-10)18-16(20)14-12-5-7-21-13(12)6-8-22-14/h2-5,7,9,14H,6,8H2,1H3,(H,17,19)(H,18,20). The second-order valence-corrected chi connectivity index (χ2v) is 7.16. The fourth-order valence-electron chi connectivity index (χ4n) is 2.45. The second-order valence-electron chi connectivity index (χ2n) is 4.95. The Bertz CT molecular complexity index is 712. The zero-order chi connectivity index (χ0) is 15.5. The van der Waals surface area contributed by atoms with Crippen LogP contribution in [0.3, 0.4) is 0 Å². The zero-order valence-electron chi connectivity index (χ0n) is 12.1. The summed E-state index contributed by atoms with van der Waals surface area (Å²) in [5.74, 6) is 0.769. The fraction of sp³-hybridized carbons (Fsp3) is 0.250.